The van der Waals surface area contributed by atoms with Gasteiger partial charge < -0.3 is 20.4 Å². The predicted octanol–water partition coefficient (Wildman–Crippen LogP) is 0.140. The molecule has 0 aliphatic heterocycles. The lowest BCUT2D eigenvalue weighted by Gasteiger charge is -2.23. The Bertz CT molecular complexity index is 488. The molecule has 20 heavy (non-hydrogen) atoms. The van der Waals surface area contributed by atoms with Crippen LogP contribution in [0.3, 0.4) is 0 Å². The van der Waals surface area contributed by atoms with E-state index in [2.05, 4.69) is 0 Å². The van der Waals surface area contributed by atoms with Crippen LogP contribution in [0.4, 0.5) is 0 Å². The first-order valence-electron chi connectivity index (χ1n) is 5.77. The average Bonchev–Trinajstić information content (AvgIpc) is 2.83. The number of rotatable bonds is 3. The van der Waals surface area contributed by atoms with Gasteiger partial charge in [0.25, 0.3) is 5.97 Å². The molecule has 1 saturated carbocycles. The van der Waals surface area contributed by atoms with Gasteiger partial charge in [0, 0.05) is 18.4 Å². The second kappa shape index (κ2) is 5.72. The Kier molecular flexibility index (Phi) is 4.49. The van der Waals surface area contributed by atoms with Crippen molar-refractivity contribution in [2.24, 2.45) is 23.7 Å². The summed E-state index contributed by atoms with van der Waals surface area (Å²) < 4.78 is 0. The number of carboxylic acid groups (broad SMARTS) is 4. The van der Waals surface area contributed by atoms with Crippen molar-refractivity contribution in [1.29, 1.82) is 0 Å². The third-order valence-electron chi connectivity index (χ3n) is 3.42. The minimum Gasteiger partial charge on any atom is -0.481 e. The van der Waals surface area contributed by atoms with E-state index < -0.39 is 47.5 Å². The quantitative estimate of drug-likeness (QED) is 0.572. The van der Waals surface area contributed by atoms with Crippen LogP contribution in [0.5, 0.6) is 0 Å². The molecule has 0 aromatic carbocycles. The average molecular weight is 286 g/mol. The van der Waals surface area contributed by atoms with E-state index in [0.29, 0.717) is 6.42 Å². The van der Waals surface area contributed by atoms with Crippen LogP contribution in [0, 0.1) is 23.7 Å². The van der Waals surface area contributed by atoms with Crippen molar-refractivity contribution in [1.82, 2.24) is 0 Å². The van der Waals surface area contributed by atoms with E-state index in [1.807, 2.05) is 0 Å². The first-order valence-corrected chi connectivity index (χ1v) is 5.77. The van der Waals surface area contributed by atoms with Gasteiger partial charge in [0.2, 0.25) is 0 Å². The van der Waals surface area contributed by atoms with Gasteiger partial charge in [0.05, 0.1) is 11.8 Å². The van der Waals surface area contributed by atoms with Crippen molar-refractivity contribution in [2.45, 2.75) is 13.3 Å². The van der Waals surface area contributed by atoms with E-state index in [-0.39, 0.29) is 5.57 Å². The fourth-order valence-electron chi connectivity index (χ4n) is 2.84. The fraction of sp³-hybridized carbons (Fsp3) is 0.500. The molecule has 0 aromatic heterocycles. The van der Waals surface area contributed by atoms with E-state index in [1.165, 1.54) is 6.08 Å². The molecule has 110 valence electrons. The standard InChI is InChI=1S/C10H10O6.C2H4O2/c11-8(12)5-2-3-1-4(5)7(10(15)16)6(3)9(13)14;1-2(3)4/h2-4,6-7H,1H2,(H,11,12)(H,13,14)(H,15,16);1H3,(H,3,4). The molecule has 0 amide bonds. The molecule has 0 saturated heterocycles. The lowest BCUT2D eigenvalue weighted by atomic mass is 9.79. The van der Waals surface area contributed by atoms with Crippen LogP contribution in [0.15, 0.2) is 11.6 Å². The summed E-state index contributed by atoms with van der Waals surface area (Å²) in [4.78, 5) is 41.8. The number of allylic oxidation sites excluding steroid dienone is 1. The Morgan fingerprint density at radius 1 is 1.00 bits per heavy atom. The zero-order valence-electron chi connectivity index (χ0n) is 10.5. The van der Waals surface area contributed by atoms with Gasteiger partial charge in [-0.3, -0.25) is 14.4 Å². The molecule has 1 fully saturated rings. The number of carboxylic acids is 4. The first kappa shape index (κ1) is 15.7. The minimum absolute atomic E-state index is 0.0508. The maximum atomic E-state index is 11.0. The van der Waals surface area contributed by atoms with Gasteiger partial charge in [0.15, 0.2) is 0 Å². The molecule has 0 spiro atoms. The summed E-state index contributed by atoms with van der Waals surface area (Å²) in [5.74, 6) is -7.62. The van der Waals surface area contributed by atoms with Crippen molar-refractivity contribution in [3.63, 3.8) is 0 Å². The maximum Gasteiger partial charge on any atom is 0.331 e. The molecular formula is C12H14O8. The third kappa shape index (κ3) is 2.95. The molecular weight excluding hydrogens is 272 g/mol. The third-order valence-corrected chi connectivity index (χ3v) is 3.42. The van der Waals surface area contributed by atoms with Gasteiger partial charge in [-0.25, -0.2) is 4.79 Å². The fourth-order valence-corrected chi connectivity index (χ4v) is 2.84. The normalized spacial score (nSPS) is 29.9. The molecule has 8 heteroatoms. The highest BCUT2D eigenvalue weighted by molar-refractivity contribution is 5.92. The summed E-state index contributed by atoms with van der Waals surface area (Å²) >= 11 is 0. The molecule has 0 aromatic rings. The number of carbonyl (C=O) groups is 4. The second-order valence-corrected chi connectivity index (χ2v) is 4.68. The summed E-state index contributed by atoms with van der Waals surface area (Å²) in [6.45, 7) is 1.08. The van der Waals surface area contributed by atoms with Crippen LogP contribution in [0.1, 0.15) is 13.3 Å². The minimum atomic E-state index is -1.23. The van der Waals surface area contributed by atoms with Crippen LogP contribution in [0.25, 0.3) is 0 Å². The van der Waals surface area contributed by atoms with Crippen LogP contribution in [-0.2, 0) is 19.2 Å². The highest BCUT2D eigenvalue weighted by Gasteiger charge is 2.56. The largest absolute Gasteiger partial charge is 0.481 e. The lowest BCUT2D eigenvalue weighted by Crippen LogP contribution is -2.35. The van der Waals surface area contributed by atoms with Gasteiger partial charge in [-0.05, 0) is 12.3 Å². The molecule has 2 aliphatic carbocycles. The summed E-state index contributed by atoms with van der Waals surface area (Å²) in [6.07, 6.45) is 1.71. The monoisotopic (exact) mass is 286 g/mol. The Morgan fingerprint density at radius 3 is 1.80 bits per heavy atom. The molecule has 0 heterocycles. The Labute approximate surface area is 113 Å². The molecule has 4 unspecified atom stereocenters. The highest BCUT2D eigenvalue weighted by atomic mass is 16.4. The van der Waals surface area contributed by atoms with Crippen LogP contribution in [0.2, 0.25) is 0 Å². The highest BCUT2D eigenvalue weighted by Crippen LogP contribution is 2.51. The number of hydrogen-bond acceptors (Lipinski definition) is 4. The predicted molar refractivity (Wildman–Crippen MR) is 62.9 cm³/mol. The Hall–Kier alpha value is -2.38. The topological polar surface area (TPSA) is 149 Å². The van der Waals surface area contributed by atoms with Crippen molar-refractivity contribution < 1.29 is 39.6 Å². The molecule has 0 radical (unpaired) electrons. The summed E-state index contributed by atoms with van der Waals surface area (Å²) in [5, 5.41) is 34.2. The van der Waals surface area contributed by atoms with Crippen LogP contribution in [-0.4, -0.2) is 44.3 Å². The van der Waals surface area contributed by atoms with Crippen molar-refractivity contribution in [3.8, 4) is 0 Å². The molecule has 4 N–H and O–H groups in total. The maximum absolute atomic E-state index is 11.0. The summed E-state index contributed by atoms with van der Waals surface area (Å²) in [7, 11) is 0. The smallest absolute Gasteiger partial charge is 0.331 e. The van der Waals surface area contributed by atoms with Crippen molar-refractivity contribution in [2.75, 3.05) is 0 Å². The van der Waals surface area contributed by atoms with Gasteiger partial charge >= 0.3 is 17.9 Å². The van der Waals surface area contributed by atoms with E-state index >= 15 is 0 Å². The van der Waals surface area contributed by atoms with Crippen LogP contribution < -0.4 is 0 Å². The van der Waals surface area contributed by atoms with Gasteiger partial charge in [0.1, 0.15) is 0 Å². The molecule has 8 nitrogen and oxygen atoms in total. The van der Waals surface area contributed by atoms with Gasteiger partial charge in [-0.2, -0.15) is 0 Å². The number of fused-ring (bicyclic) bond motifs is 2. The van der Waals surface area contributed by atoms with E-state index in [4.69, 9.17) is 25.2 Å². The van der Waals surface area contributed by atoms with Crippen molar-refractivity contribution >= 4 is 23.9 Å². The molecule has 2 bridgehead atoms. The number of aliphatic carboxylic acids is 4. The summed E-state index contributed by atoms with van der Waals surface area (Å²) in [5.41, 5.74) is 0.0508. The van der Waals surface area contributed by atoms with Crippen LogP contribution >= 0.6 is 0 Å². The number of hydrogen-bond donors (Lipinski definition) is 4. The Balaban J connectivity index is 0.000000444. The Morgan fingerprint density at radius 2 is 1.45 bits per heavy atom. The first-order chi connectivity index (χ1) is 9.16. The van der Waals surface area contributed by atoms with E-state index in [1.54, 1.807) is 0 Å². The summed E-state index contributed by atoms with van der Waals surface area (Å²) in [6, 6.07) is 0. The molecule has 4 atom stereocenters. The molecule has 2 aliphatic rings. The van der Waals surface area contributed by atoms with Gasteiger partial charge in [-0.15, -0.1) is 0 Å². The van der Waals surface area contributed by atoms with E-state index in [9.17, 15) is 14.4 Å². The second-order valence-electron chi connectivity index (χ2n) is 4.68. The van der Waals surface area contributed by atoms with E-state index in [0.717, 1.165) is 6.92 Å². The zero-order valence-corrected chi connectivity index (χ0v) is 10.5. The zero-order chi connectivity index (χ0) is 15.6. The van der Waals surface area contributed by atoms with Gasteiger partial charge in [-0.1, -0.05) is 6.08 Å². The van der Waals surface area contributed by atoms with Crippen molar-refractivity contribution in [3.05, 3.63) is 11.6 Å². The lowest BCUT2D eigenvalue weighted by molar-refractivity contribution is -0.154. The SMILES string of the molecule is CC(=O)O.O=C(O)C1=CC2CC1C(C(=O)O)C2C(=O)O. The molecule has 2 rings (SSSR count).